The Bertz CT molecular complexity index is 1050. The number of aryl methyl sites for hydroxylation is 1. The summed E-state index contributed by atoms with van der Waals surface area (Å²) in [7, 11) is 0. The van der Waals surface area contributed by atoms with Gasteiger partial charge in [0.25, 0.3) is 0 Å². The van der Waals surface area contributed by atoms with Crippen molar-refractivity contribution in [3.63, 3.8) is 0 Å². The van der Waals surface area contributed by atoms with E-state index in [0.717, 1.165) is 28.6 Å². The van der Waals surface area contributed by atoms with Crippen LogP contribution in [0.15, 0.2) is 48.7 Å². The minimum absolute atomic E-state index is 0.420. The van der Waals surface area contributed by atoms with Gasteiger partial charge in [0.1, 0.15) is 0 Å². The van der Waals surface area contributed by atoms with E-state index in [1.54, 1.807) is 6.20 Å². The molecule has 1 amide bonds. The highest BCUT2D eigenvalue weighted by Crippen LogP contribution is 2.34. The number of benzene rings is 2. The summed E-state index contributed by atoms with van der Waals surface area (Å²) >= 11 is 0. The van der Waals surface area contributed by atoms with Crippen LogP contribution in [-0.2, 0) is 0 Å². The Morgan fingerprint density at radius 1 is 1.00 bits per heavy atom. The predicted molar refractivity (Wildman–Crippen MR) is 128 cm³/mol. The first kappa shape index (κ1) is 22.8. The van der Waals surface area contributed by atoms with Gasteiger partial charge in [0.15, 0.2) is 5.75 Å². The SMILES string of the molecule is Cc1cccc(-c2ncc(OC(=O)NCCN(C(C)C)C(C)C)c3ccccc23)c1C. The standard InChI is InChI=1S/C26H33N3O2/c1-17(2)29(18(3)4)15-14-27-26(30)31-24-16-28-25(23-12-8-7-11-22(23)24)21-13-9-10-19(5)20(21)6/h7-13,16-18H,14-15H2,1-6H3,(H,27,30). The fourth-order valence-corrected chi connectivity index (χ4v) is 4.01. The van der Waals surface area contributed by atoms with Gasteiger partial charge in [-0.05, 0) is 52.7 Å². The Kier molecular flexibility index (Phi) is 7.29. The van der Waals surface area contributed by atoms with E-state index < -0.39 is 6.09 Å². The highest BCUT2D eigenvalue weighted by Gasteiger charge is 2.16. The van der Waals surface area contributed by atoms with E-state index in [2.05, 4.69) is 68.9 Å². The number of pyridine rings is 1. The zero-order valence-electron chi connectivity index (χ0n) is 19.4. The monoisotopic (exact) mass is 419 g/mol. The van der Waals surface area contributed by atoms with Crippen molar-refractivity contribution in [3.05, 3.63) is 59.8 Å². The molecule has 0 radical (unpaired) electrons. The van der Waals surface area contributed by atoms with E-state index in [-0.39, 0.29) is 0 Å². The molecule has 1 aromatic heterocycles. The topological polar surface area (TPSA) is 54.5 Å². The van der Waals surface area contributed by atoms with Crippen LogP contribution in [0.1, 0.15) is 38.8 Å². The first-order valence-electron chi connectivity index (χ1n) is 10.9. The van der Waals surface area contributed by atoms with Crippen LogP contribution in [-0.4, -0.2) is 41.2 Å². The maximum Gasteiger partial charge on any atom is 0.412 e. The molecule has 0 bridgehead atoms. The third-order valence-corrected chi connectivity index (χ3v) is 5.79. The van der Waals surface area contributed by atoms with Crippen LogP contribution in [0.3, 0.4) is 0 Å². The molecule has 2 aromatic carbocycles. The highest BCUT2D eigenvalue weighted by molar-refractivity contribution is 5.99. The minimum Gasteiger partial charge on any atom is -0.408 e. The molecule has 0 fully saturated rings. The van der Waals surface area contributed by atoms with Crippen molar-refractivity contribution in [3.8, 4) is 17.0 Å². The normalized spacial score (nSPS) is 11.5. The van der Waals surface area contributed by atoms with Gasteiger partial charge in [0.05, 0.1) is 11.9 Å². The largest absolute Gasteiger partial charge is 0.412 e. The molecule has 5 nitrogen and oxygen atoms in total. The van der Waals surface area contributed by atoms with Gasteiger partial charge in [-0.15, -0.1) is 0 Å². The maximum atomic E-state index is 12.5. The van der Waals surface area contributed by atoms with E-state index in [4.69, 9.17) is 4.74 Å². The molecule has 164 valence electrons. The molecule has 5 heteroatoms. The number of amides is 1. The molecule has 0 aliphatic rings. The summed E-state index contributed by atoms with van der Waals surface area (Å²) < 4.78 is 5.64. The van der Waals surface area contributed by atoms with E-state index in [9.17, 15) is 4.79 Å². The smallest absolute Gasteiger partial charge is 0.408 e. The molecular weight excluding hydrogens is 386 g/mol. The Hall–Kier alpha value is -2.92. The third-order valence-electron chi connectivity index (χ3n) is 5.79. The number of carbonyl (C=O) groups excluding carboxylic acids is 1. The summed E-state index contributed by atoms with van der Waals surface area (Å²) in [5, 5.41) is 4.70. The lowest BCUT2D eigenvalue weighted by Gasteiger charge is -2.30. The lowest BCUT2D eigenvalue weighted by atomic mass is 9.97. The average molecular weight is 420 g/mol. The second-order valence-corrected chi connectivity index (χ2v) is 8.51. The number of rotatable bonds is 7. The van der Waals surface area contributed by atoms with Crippen molar-refractivity contribution in [2.24, 2.45) is 0 Å². The number of carbonyl (C=O) groups is 1. The number of ether oxygens (including phenoxy) is 1. The maximum absolute atomic E-state index is 12.5. The Morgan fingerprint density at radius 2 is 1.68 bits per heavy atom. The minimum atomic E-state index is -0.459. The van der Waals surface area contributed by atoms with Crippen molar-refractivity contribution in [2.75, 3.05) is 13.1 Å². The van der Waals surface area contributed by atoms with Crippen LogP contribution in [0.2, 0.25) is 0 Å². The Balaban J connectivity index is 1.80. The van der Waals surface area contributed by atoms with Crippen LogP contribution in [0.25, 0.3) is 22.0 Å². The van der Waals surface area contributed by atoms with Crippen LogP contribution in [0.4, 0.5) is 4.79 Å². The van der Waals surface area contributed by atoms with Crippen molar-refractivity contribution >= 4 is 16.9 Å². The van der Waals surface area contributed by atoms with Gasteiger partial charge >= 0.3 is 6.09 Å². The van der Waals surface area contributed by atoms with Crippen molar-refractivity contribution in [1.29, 1.82) is 0 Å². The number of nitrogens with zero attached hydrogens (tertiary/aromatic N) is 2. The summed E-state index contributed by atoms with van der Waals surface area (Å²) in [6.07, 6.45) is 1.19. The van der Waals surface area contributed by atoms with Crippen LogP contribution in [0.5, 0.6) is 5.75 Å². The van der Waals surface area contributed by atoms with Gasteiger partial charge in [-0.2, -0.15) is 0 Å². The quantitative estimate of drug-likeness (QED) is 0.532. The molecule has 0 spiro atoms. The Morgan fingerprint density at radius 3 is 2.35 bits per heavy atom. The highest BCUT2D eigenvalue weighted by atomic mass is 16.6. The summed E-state index contributed by atoms with van der Waals surface area (Å²) in [4.78, 5) is 19.5. The van der Waals surface area contributed by atoms with Gasteiger partial charge in [-0.1, -0.05) is 42.5 Å². The lowest BCUT2D eigenvalue weighted by molar-refractivity contribution is 0.169. The van der Waals surface area contributed by atoms with E-state index in [1.165, 1.54) is 11.1 Å². The fraction of sp³-hybridized carbons (Fsp3) is 0.385. The Labute approximate surface area is 185 Å². The zero-order valence-corrected chi connectivity index (χ0v) is 19.4. The molecule has 0 saturated heterocycles. The van der Waals surface area contributed by atoms with Crippen molar-refractivity contribution < 1.29 is 9.53 Å². The molecule has 0 unspecified atom stereocenters. The van der Waals surface area contributed by atoms with E-state index >= 15 is 0 Å². The van der Waals surface area contributed by atoms with Gasteiger partial charge in [-0.3, -0.25) is 9.88 Å². The molecule has 0 atom stereocenters. The molecular formula is C26H33N3O2. The predicted octanol–water partition coefficient (Wildman–Crippen LogP) is 5.73. The van der Waals surface area contributed by atoms with E-state index in [1.807, 2.05) is 30.3 Å². The number of fused-ring (bicyclic) bond motifs is 1. The molecule has 3 aromatic rings. The van der Waals surface area contributed by atoms with E-state index in [0.29, 0.717) is 24.4 Å². The number of aromatic nitrogens is 1. The number of hydrogen-bond acceptors (Lipinski definition) is 4. The second-order valence-electron chi connectivity index (χ2n) is 8.51. The summed E-state index contributed by atoms with van der Waals surface area (Å²) in [5.41, 5.74) is 4.41. The van der Waals surface area contributed by atoms with Gasteiger partial charge in [0, 0.05) is 41.5 Å². The van der Waals surface area contributed by atoms with Crippen molar-refractivity contribution in [2.45, 2.75) is 53.6 Å². The summed E-state index contributed by atoms with van der Waals surface area (Å²) in [5.74, 6) is 0.465. The van der Waals surface area contributed by atoms with Gasteiger partial charge in [0.2, 0.25) is 0 Å². The van der Waals surface area contributed by atoms with Crippen LogP contribution in [0, 0.1) is 13.8 Å². The third kappa shape index (κ3) is 5.23. The van der Waals surface area contributed by atoms with Crippen LogP contribution < -0.4 is 10.1 Å². The molecule has 0 aliphatic heterocycles. The fourth-order valence-electron chi connectivity index (χ4n) is 4.01. The average Bonchev–Trinajstić information content (AvgIpc) is 2.73. The molecule has 1 heterocycles. The first-order valence-corrected chi connectivity index (χ1v) is 10.9. The van der Waals surface area contributed by atoms with Crippen LogP contribution >= 0.6 is 0 Å². The molecule has 3 rings (SSSR count). The molecule has 0 saturated carbocycles. The zero-order chi connectivity index (χ0) is 22.5. The molecule has 31 heavy (non-hydrogen) atoms. The number of nitrogens with one attached hydrogen (secondary N) is 1. The first-order chi connectivity index (χ1) is 14.8. The molecule has 1 N–H and O–H groups in total. The number of hydrogen-bond donors (Lipinski definition) is 1. The second kappa shape index (κ2) is 9.92. The summed E-state index contributed by atoms with van der Waals surface area (Å²) in [6, 6.07) is 15.0. The molecule has 0 aliphatic carbocycles. The van der Waals surface area contributed by atoms with Gasteiger partial charge in [-0.25, -0.2) is 4.79 Å². The van der Waals surface area contributed by atoms with Gasteiger partial charge < -0.3 is 10.1 Å². The summed E-state index contributed by atoms with van der Waals surface area (Å²) in [6.45, 7) is 14.2. The van der Waals surface area contributed by atoms with Crippen molar-refractivity contribution in [1.82, 2.24) is 15.2 Å². The lowest BCUT2D eigenvalue weighted by Crippen LogP contribution is -2.43.